The fraction of sp³-hybridized carbons (Fsp3) is 0.412. The van der Waals surface area contributed by atoms with Crippen molar-refractivity contribution >= 4 is 11.6 Å². The third kappa shape index (κ3) is 4.72. The zero-order valence-electron chi connectivity index (χ0n) is 13.9. The molecule has 128 valence electrons. The second kappa shape index (κ2) is 8.91. The first-order valence-electron chi connectivity index (χ1n) is 7.90. The second-order valence-corrected chi connectivity index (χ2v) is 5.47. The first-order chi connectivity index (χ1) is 11.7. The van der Waals surface area contributed by atoms with Crippen molar-refractivity contribution in [3.05, 3.63) is 36.0 Å². The Kier molecular flexibility index (Phi) is 6.61. The number of amides is 1. The lowest BCUT2D eigenvalue weighted by atomic mass is 10.2. The largest absolute Gasteiger partial charge is 0.497 e. The summed E-state index contributed by atoms with van der Waals surface area (Å²) in [6.07, 6.45) is 1.45. The number of anilines is 1. The molecule has 1 saturated heterocycles. The topological polar surface area (TPSA) is 94.6 Å². The molecule has 7 heteroatoms. The van der Waals surface area contributed by atoms with E-state index >= 15 is 0 Å². The van der Waals surface area contributed by atoms with E-state index in [-0.39, 0.29) is 11.5 Å². The van der Waals surface area contributed by atoms with Crippen molar-refractivity contribution in [2.45, 2.75) is 0 Å². The first-order valence-corrected chi connectivity index (χ1v) is 7.90. The summed E-state index contributed by atoms with van der Waals surface area (Å²) in [6.45, 7) is 4.23. The zero-order chi connectivity index (χ0) is 17.4. The minimum absolute atomic E-state index is 0.0881. The molecule has 1 aromatic carbocycles. The molecule has 0 aliphatic carbocycles. The molecule has 0 unspecified atom stereocenters. The summed E-state index contributed by atoms with van der Waals surface area (Å²) < 4.78 is 5.15. The van der Waals surface area contributed by atoms with Crippen molar-refractivity contribution in [3.63, 3.8) is 0 Å². The molecule has 0 radical (unpaired) electrons. The number of ether oxygens (including phenoxy) is 1. The number of nitrogens with zero attached hydrogens (tertiary/aromatic N) is 3. The summed E-state index contributed by atoms with van der Waals surface area (Å²) in [5.74, 6) is 0.453. The Morgan fingerprint density at radius 2 is 2.17 bits per heavy atom. The van der Waals surface area contributed by atoms with Crippen LogP contribution in [0.25, 0.3) is 0 Å². The van der Waals surface area contributed by atoms with Gasteiger partial charge in [-0.15, -0.1) is 0 Å². The molecule has 1 fully saturated rings. The third-order valence-corrected chi connectivity index (χ3v) is 3.91. The van der Waals surface area contributed by atoms with Gasteiger partial charge in [0.05, 0.1) is 7.11 Å². The molecule has 1 aliphatic heterocycles. The summed E-state index contributed by atoms with van der Waals surface area (Å²) in [6, 6.07) is 9.27. The minimum atomic E-state index is -0.250. The Morgan fingerprint density at radius 3 is 2.79 bits per heavy atom. The lowest BCUT2D eigenvalue weighted by Crippen LogP contribution is -2.50. The summed E-state index contributed by atoms with van der Waals surface area (Å²) in [5, 5.41) is 12.3. The number of hydrogen-bond acceptors (Lipinski definition) is 6. The highest BCUT2D eigenvalue weighted by atomic mass is 16.5. The number of carbonyl (C=O) groups excluding carboxylic acids is 1. The number of rotatable bonds is 6. The molecule has 0 aromatic heterocycles. The average molecular weight is 329 g/mol. The van der Waals surface area contributed by atoms with Crippen molar-refractivity contribution in [1.82, 2.24) is 9.80 Å². The maximum absolute atomic E-state index is 12.5. The van der Waals surface area contributed by atoms with Crippen LogP contribution in [0.4, 0.5) is 5.69 Å². The Morgan fingerprint density at radius 1 is 1.42 bits per heavy atom. The molecule has 1 amide bonds. The highest BCUT2D eigenvalue weighted by Crippen LogP contribution is 2.17. The number of benzene rings is 1. The van der Waals surface area contributed by atoms with E-state index in [1.807, 2.05) is 24.3 Å². The van der Waals surface area contributed by atoms with Crippen LogP contribution in [0.1, 0.15) is 0 Å². The quantitative estimate of drug-likeness (QED) is 0.587. The number of hydrogen-bond donors (Lipinski definition) is 2. The van der Waals surface area contributed by atoms with Crippen LogP contribution in [-0.2, 0) is 4.79 Å². The fourth-order valence-corrected chi connectivity index (χ4v) is 2.54. The number of nitrogens with two attached hydrogens (primary N) is 1. The summed E-state index contributed by atoms with van der Waals surface area (Å²) >= 11 is 0. The first kappa shape index (κ1) is 17.8. The molecule has 7 nitrogen and oxygen atoms in total. The van der Waals surface area contributed by atoms with Gasteiger partial charge >= 0.3 is 0 Å². The molecule has 2 rings (SSSR count). The van der Waals surface area contributed by atoms with Gasteiger partial charge in [0.15, 0.2) is 0 Å². The molecule has 1 aliphatic rings. The molecule has 0 spiro atoms. The molecule has 1 heterocycles. The maximum Gasteiger partial charge on any atom is 0.266 e. The van der Waals surface area contributed by atoms with Crippen LogP contribution in [0.15, 0.2) is 36.0 Å². The van der Waals surface area contributed by atoms with Crippen molar-refractivity contribution in [2.75, 3.05) is 51.7 Å². The third-order valence-electron chi connectivity index (χ3n) is 3.91. The van der Waals surface area contributed by atoms with Gasteiger partial charge in [0, 0.05) is 57.2 Å². The van der Waals surface area contributed by atoms with E-state index in [1.165, 1.54) is 6.20 Å². The van der Waals surface area contributed by atoms with Crippen molar-refractivity contribution in [2.24, 2.45) is 5.73 Å². The Balaban J connectivity index is 1.97. The van der Waals surface area contributed by atoms with Gasteiger partial charge in [-0.25, -0.2) is 0 Å². The molecular weight excluding hydrogens is 306 g/mol. The summed E-state index contributed by atoms with van der Waals surface area (Å²) in [4.78, 5) is 16.4. The smallest absolute Gasteiger partial charge is 0.266 e. The van der Waals surface area contributed by atoms with Gasteiger partial charge in [-0.1, -0.05) is 6.07 Å². The molecule has 1 aromatic rings. The van der Waals surface area contributed by atoms with Gasteiger partial charge in [0.2, 0.25) is 0 Å². The SMILES string of the molecule is COc1cccc(N/C=C(/C#N)C(=O)N2CCN(CCN)CC2)c1. The summed E-state index contributed by atoms with van der Waals surface area (Å²) in [7, 11) is 1.59. The predicted octanol–water partition coefficient (Wildman–Crippen LogP) is 0.617. The van der Waals surface area contributed by atoms with E-state index in [0.717, 1.165) is 25.3 Å². The number of methoxy groups -OCH3 is 1. The molecule has 24 heavy (non-hydrogen) atoms. The lowest BCUT2D eigenvalue weighted by Gasteiger charge is -2.34. The Hall–Kier alpha value is -2.56. The predicted molar refractivity (Wildman–Crippen MR) is 92.4 cm³/mol. The van der Waals surface area contributed by atoms with E-state index < -0.39 is 0 Å². The number of nitriles is 1. The zero-order valence-corrected chi connectivity index (χ0v) is 13.9. The summed E-state index contributed by atoms with van der Waals surface area (Å²) in [5.41, 5.74) is 6.39. The monoisotopic (exact) mass is 329 g/mol. The molecule has 0 atom stereocenters. The minimum Gasteiger partial charge on any atom is -0.497 e. The number of nitrogens with one attached hydrogen (secondary N) is 1. The van der Waals surface area contributed by atoms with Crippen LogP contribution in [0.5, 0.6) is 5.75 Å². The Labute approximate surface area is 142 Å². The molecule has 0 bridgehead atoms. The molecule has 3 N–H and O–H groups in total. The normalized spacial score (nSPS) is 15.7. The fourth-order valence-electron chi connectivity index (χ4n) is 2.54. The van der Waals surface area contributed by atoms with Crippen LogP contribution in [0.2, 0.25) is 0 Å². The standard InChI is InChI=1S/C17H23N5O2/c1-24-16-4-2-3-15(11-16)20-13-14(12-19)17(23)22-9-7-21(6-5-18)8-10-22/h2-4,11,13,20H,5-10,18H2,1H3/b14-13-. The van der Waals surface area contributed by atoms with Crippen molar-refractivity contribution in [3.8, 4) is 11.8 Å². The number of carbonyl (C=O) groups is 1. The van der Waals surface area contributed by atoms with Crippen LogP contribution < -0.4 is 15.8 Å². The van der Waals surface area contributed by atoms with E-state index in [0.29, 0.717) is 25.4 Å². The van der Waals surface area contributed by atoms with Gasteiger partial charge < -0.3 is 20.7 Å². The molecule has 0 saturated carbocycles. The highest BCUT2D eigenvalue weighted by molar-refractivity contribution is 5.97. The van der Waals surface area contributed by atoms with Crippen LogP contribution in [0.3, 0.4) is 0 Å². The van der Waals surface area contributed by atoms with Gasteiger partial charge in [0.1, 0.15) is 17.4 Å². The van der Waals surface area contributed by atoms with E-state index in [4.69, 9.17) is 10.5 Å². The van der Waals surface area contributed by atoms with Gasteiger partial charge in [-0.3, -0.25) is 9.69 Å². The van der Waals surface area contributed by atoms with E-state index in [9.17, 15) is 10.1 Å². The van der Waals surface area contributed by atoms with E-state index in [1.54, 1.807) is 18.1 Å². The van der Waals surface area contributed by atoms with Gasteiger partial charge in [-0.05, 0) is 12.1 Å². The maximum atomic E-state index is 12.5. The highest BCUT2D eigenvalue weighted by Gasteiger charge is 2.23. The van der Waals surface area contributed by atoms with Crippen LogP contribution in [0, 0.1) is 11.3 Å². The molecular formula is C17H23N5O2. The van der Waals surface area contributed by atoms with Crippen molar-refractivity contribution in [1.29, 1.82) is 5.26 Å². The van der Waals surface area contributed by atoms with Crippen molar-refractivity contribution < 1.29 is 9.53 Å². The van der Waals surface area contributed by atoms with Gasteiger partial charge in [0.25, 0.3) is 5.91 Å². The average Bonchev–Trinajstić information content (AvgIpc) is 2.63. The Bertz CT molecular complexity index is 630. The lowest BCUT2D eigenvalue weighted by molar-refractivity contribution is -0.128. The second-order valence-electron chi connectivity index (χ2n) is 5.47. The van der Waals surface area contributed by atoms with Crippen LogP contribution in [-0.4, -0.2) is 62.1 Å². The van der Waals surface area contributed by atoms with E-state index in [2.05, 4.69) is 10.2 Å². The van der Waals surface area contributed by atoms with Gasteiger partial charge in [-0.2, -0.15) is 5.26 Å². The number of piperazine rings is 1. The van der Waals surface area contributed by atoms with Crippen LogP contribution >= 0.6 is 0 Å².